The van der Waals surface area contributed by atoms with E-state index >= 15 is 0 Å². The van der Waals surface area contributed by atoms with Crippen molar-refractivity contribution in [2.75, 3.05) is 26.7 Å². The maximum atomic E-state index is 7.78. The van der Waals surface area contributed by atoms with Crippen molar-refractivity contribution in [2.24, 2.45) is 11.8 Å². The van der Waals surface area contributed by atoms with E-state index in [2.05, 4.69) is 32.7 Å². The molecule has 5 N–H and O–H groups in total. The van der Waals surface area contributed by atoms with Crippen molar-refractivity contribution in [3.05, 3.63) is 11.6 Å². The standard InChI is InChI=1S/C20H37N5O/c1-13-10-18(21-2)25-20(23-13)24-16-11-15-6-9-26-19(15)17(12-16)14-4-3-7-22-8-5-14/h5,13,15-25H,3-4,6-12H2,1-2H3/i1D. The lowest BCUT2D eigenvalue weighted by atomic mass is 9.72. The number of fused-ring (bicyclic) bond motifs is 1. The fourth-order valence-corrected chi connectivity index (χ4v) is 5.35. The van der Waals surface area contributed by atoms with Gasteiger partial charge in [0, 0.05) is 32.5 Å². The van der Waals surface area contributed by atoms with Gasteiger partial charge < -0.3 is 15.4 Å². The van der Waals surface area contributed by atoms with Crippen LogP contribution in [0.4, 0.5) is 0 Å². The molecule has 3 aliphatic heterocycles. The van der Waals surface area contributed by atoms with Gasteiger partial charge in [0.2, 0.25) is 0 Å². The Bertz CT molecular complexity index is 507. The Morgan fingerprint density at radius 2 is 2.23 bits per heavy atom. The van der Waals surface area contributed by atoms with Gasteiger partial charge in [-0.2, -0.15) is 0 Å². The Balaban J connectivity index is 1.42. The van der Waals surface area contributed by atoms with E-state index in [0.29, 0.717) is 30.9 Å². The Kier molecular flexibility index (Phi) is 5.87. The van der Waals surface area contributed by atoms with Gasteiger partial charge in [-0.15, -0.1) is 0 Å². The van der Waals surface area contributed by atoms with Gasteiger partial charge >= 0.3 is 0 Å². The van der Waals surface area contributed by atoms with Crippen LogP contribution in [0.5, 0.6) is 0 Å². The molecule has 4 rings (SSSR count). The van der Waals surface area contributed by atoms with Gasteiger partial charge in [0.15, 0.2) is 0 Å². The predicted octanol–water partition coefficient (Wildman–Crippen LogP) is 0.870. The first-order valence-corrected chi connectivity index (χ1v) is 10.5. The number of rotatable bonds is 4. The van der Waals surface area contributed by atoms with E-state index < -0.39 is 0 Å². The molecule has 0 aromatic heterocycles. The van der Waals surface area contributed by atoms with E-state index in [0.717, 1.165) is 32.5 Å². The molecule has 6 nitrogen and oxygen atoms in total. The third-order valence-corrected chi connectivity index (χ3v) is 6.63. The summed E-state index contributed by atoms with van der Waals surface area (Å²) in [6.45, 7) is 3.47. The molecule has 0 bridgehead atoms. The second kappa shape index (κ2) is 8.67. The minimum Gasteiger partial charge on any atom is -0.377 e. The van der Waals surface area contributed by atoms with Crippen LogP contribution in [0, 0.1) is 11.8 Å². The zero-order chi connectivity index (χ0) is 18.6. The summed E-state index contributed by atoms with van der Waals surface area (Å²) in [5.41, 5.74) is 1.62. The van der Waals surface area contributed by atoms with E-state index in [1.165, 1.54) is 25.7 Å². The molecule has 26 heavy (non-hydrogen) atoms. The maximum Gasteiger partial charge on any atom is 0.113 e. The molecule has 7 unspecified atom stereocenters. The molecule has 1 saturated carbocycles. The Labute approximate surface area is 159 Å². The molecule has 3 fully saturated rings. The molecule has 2 saturated heterocycles. The topological polar surface area (TPSA) is 69.4 Å². The molecule has 0 aromatic carbocycles. The number of hydrogen-bond donors (Lipinski definition) is 5. The van der Waals surface area contributed by atoms with Gasteiger partial charge in [0.25, 0.3) is 0 Å². The zero-order valence-electron chi connectivity index (χ0n) is 17.1. The Morgan fingerprint density at radius 1 is 1.27 bits per heavy atom. The van der Waals surface area contributed by atoms with Crippen molar-refractivity contribution in [2.45, 2.75) is 76.1 Å². The molecule has 0 spiro atoms. The third-order valence-electron chi connectivity index (χ3n) is 6.63. The van der Waals surface area contributed by atoms with E-state index in [1.807, 2.05) is 7.05 Å². The van der Waals surface area contributed by atoms with Crippen LogP contribution in [0.1, 0.15) is 46.8 Å². The van der Waals surface area contributed by atoms with Crippen LogP contribution in [0.3, 0.4) is 0 Å². The van der Waals surface area contributed by atoms with Crippen molar-refractivity contribution in [3.63, 3.8) is 0 Å². The Morgan fingerprint density at radius 3 is 3.12 bits per heavy atom. The van der Waals surface area contributed by atoms with Gasteiger partial charge in [-0.1, -0.05) is 11.6 Å². The summed E-state index contributed by atoms with van der Waals surface area (Å²) in [4.78, 5) is 0. The number of nitrogens with one attached hydrogen (secondary N) is 5. The highest BCUT2D eigenvalue weighted by atomic mass is 16.5. The van der Waals surface area contributed by atoms with Crippen LogP contribution in [0.2, 0.25) is 0 Å². The normalized spacial score (nSPS) is 44.7. The van der Waals surface area contributed by atoms with E-state index in [4.69, 9.17) is 6.11 Å². The van der Waals surface area contributed by atoms with Crippen LogP contribution < -0.4 is 26.6 Å². The summed E-state index contributed by atoms with van der Waals surface area (Å²) in [6.07, 6.45) is 10.1. The summed E-state index contributed by atoms with van der Waals surface area (Å²) in [7, 11) is 1.99. The van der Waals surface area contributed by atoms with Gasteiger partial charge in [-0.25, -0.2) is 0 Å². The molecule has 7 atom stereocenters. The monoisotopic (exact) mass is 364 g/mol. The third kappa shape index (κ3) is 4.32. The average Bonchev–Trinajstić information content (AvgIpc) is 3.00. The molecule has 0 amide bonds. The highest BCUT2D eigenvalue weighted by Gasteiger charge is 2.43. The zero-order valence-corrected chi connectivity index (χ0v) is 16.1. The predicted molar refractivity (Wildman–Crippen MR) is 105 cm³/mol. The molecule has 6 heteroatoms. The Hall–Kier alpha value is -0.500. The molecular formula is C20H37N5O. The minimum atomic E-state index is 0.0702. The van der Waals surface area contributed by atoms with Gasteiger partial charge in [0.05, 0.1) is 12.3 Å². The number of hydrogen-bond acceptors (Lipinski definition) is 6. The van der Waals surface area contributed by atoms with E-state index in [1.54, 1.807) is 5.57 Å². The first-order chi connectivity index (χ1) is 13.3. The smallest absolute Gasteiger partial charge is 0.113 e. The highest BCUT2D eigenvalue weighted by molar-refractivity contribution is 5.15. The molecule has 0 aromatic rings. The second-order valence-electron chi connectivity index (χ2n) is 8.45. The summed E-state index contributed by atoms with van der Waals surface area (Å²) in [6, 6.07) is 0.723. The van der Waals surface area contributed by atoms with Gasteiger partial charge in [-0.3, -0.25) is 16.0 Å². The quantitative estimate of drug-likeness (QED) is 0.477. The van der Waals surface area contributed by atoms with Gasteiger partial charge in [-0.05, 0) is 64.9 Å². The van der Waals surface area contributed by atoms with Crippen molar-refractivity contribution in [1.82, 2.24) is 26.6 Å². The minimum absolute atomic E-state index is 0.0702. The average molecular weight is 365 g/mol. The first kappa shape index (κ1) is 17.6. The second-order valence-corrected chi connectivity index (χ2v) is 8.45. The summed E-state index contributed by atoms with van der Waals surface area (Å²) in [5, 5.41) is 17.8. The van der Waals surface area contributed by atoms with Crippen molar-refractivity contribution in [1.29, 1.82) is 0 Å². The van der Waals surface area contributed by atoms with Crippen LogP contribution in [0.15, 0.2) is 11.6 Å². The molecule has 0 radical (unpaired) electrons. The lowest BCUT2D eigenvalue weighted by molar-refractivity contribution is 0.0177. The van der Waals surface area contributed by atoms with Crippen molar-refractivity contribution < 1.29 is 6.11 Å². The van der Waals surface area contributed by atoms with Crippen molar-refractivity contribution in [3.8, 4) is 0 Å². The lowest BCUT2D eigenvalue weighted by Crippen LogP contribution is -2.68. The SMILES string of the molecule is [2H]CC1CC(NC)NC(NC2CC3CCOC3C(C3=CCNCCC3)C2)N1. The molecule has 4 aliphatic rings. The molecular weight excluding hydrogens is 326 g/mol. The molecule has 148 valence electrons. The van der Waals surface area contributed by atoms with Crippen LogP contribution in [-0.2, 0) is 4.74 Å². The lowest BCUT2D eigenvalue weighted by Gasteiger charge is -2.43. The summed E-state index contributed by atoms with van der Waals surface area (Å²) >= 11 is 0. The fourth-order valence-electron chi connectivity index (χ4n) is 5.35. The van der Waals surface area contributed by atoms with Crippen molar-refractivity contribution >= 4 is 0 Å². The highest BCUT2D eigenvalue weighted by Crippen LogP contribution is 2.42. The van der Waals surface area contributed by atoms with Crippen LogP contribution >= 0.6 is 0 Å². The van der Waals surface area contributed by atoms with Gasteiger partial charge in [0.1, 0.15) is 6.29 Å². The summed E-state index contributed by atoms with van der Waals surface area (Å²) in [5.74, 6) is 1.23. The van der Waals surface area contributed by atoms with E-state index in [9.17, 15) is 0 Å². The molecule has 3 heterocycles. The first-order valence-electron chi connectivity index (χ1n) is 11.2. The maximum absolute atomic E-state index is 7.78. The largest absolute Gasteiger partial charge is 0.377 e. The van der Waals surface area contributed by atoms with E-state index in [-0.39, 0.29) is 18.5 Å². The number of ether oxygens (including phenoxy) is 1. The fraction of sp³-hybridized carbons (Fsp3) is 0.900. The van der Waals surface area contributed by atoms with Crippen LogP contribution in [0.25, 0.3) is 0 Å². The molecule has 1 aliphatic carbocycles. The summed E-state index contributed by atoms with van der Waals surface area (Å²) < 4.78 is 14.0. The van der Waals surface area contributed by atoms with Crippen LogP contribution in [-0.4, -0.2) is 57.4 Å².